The average Bonchev–Trinajstić information content (AvgIpc) is 2.36. The fourth-order valence-electron chi connectivity index (χ4n) is 1.39. The molecule has 19 heavy (non-hydrogen) atoms. The second-order valence-electron chi connectivity index (χ2n) is 4.50. The summed E-state index contributed by atoms with van der Waals surface area (Å²) in [7, 11) is 1.30. The van der Waals surface area contributed by atoms with Gasteiger partial charge in [0.15, 0.2) is 0 Å². The highest BCUT2D eigenvalue weighted by molar-refractivity contribution is 6.00. The zero-order valence-electron chi connectivity index (χ0n) is 10.8. The molecule has 0 aliphatic rings. The Morgan fingerprint density at radius 2 is 1.84 bits per heavy atom. The fourth-order valence-corrected chi connectivity index (χ4v) is 1.39. The SMILES string of the molecule is CN(C(=O)c1ccccc1[N+](=O)[O-])C(C)(C)C(=O)O. The van der Waals surface area contributed by atoms with E-state index in [0.717, 1.165) is 4.90 Å². The van der Waals surface area contributed by atoms with Crippen LogP contribution in [0.15, 0.2) is 24.3 Å². The minimum atomic E-state index is -1.46. The van der Waals surface area contributed by atoms with Gasteiger partial charge in [0.25, 0.3) is 11.6 Å². The van der Waals surface area contributed by atoms with E-state index in [2.05, 4.69) is 0 Å². The zero-order chi connectivity index (χ0) is 14.8. The molecule has 1 aromatic carbocycles. The minimum Gasteiger partial charge on any atom is -0.480 e. The molecule has 0 aliphatic carbocycles. The third-order valence-electron chi connectivity index (χ3n) is 3.00. The number of carboxylic acids is 1. The van der Waals surface area contributed by atoms with Crippen molar-refractivity contribution in [1.82, 2.24) is 4.90 Å². The Morgan fingerprint density at radius 3 is 2.32 bits per heavy atom. The molecule has 0 heterocycles. The maximum absolute atomic E-state index is 12.2. The number of nitrogens with zero attached hydrogens (tertiary/aromatic N) is 2. The smallest absolute Gasteiger partial charge is 0.329 e. The molecule has 1 amide bonds. The molecular weight excluding hydrogens is 252 g/mol. The Labute approximate surface area is 109 Å². The van der Waals surface area contributed by atoms with Crippen LogP contribution in [-0.2, 0) is 4.79 Å². The van der Waals surface area contributed by atoms with Crippen molar-refractivity contribution in [2.75, 3.05) is 7.05 Å². The Kier molecular flexibility index (Phi) is 3.89. The molecule has 0 unspecified atom stereocenters. The Hall–Kier alpha value is -2.44. The third-order valence-corrected chi connectivity index (χ3v) is 3.00. The maximum atomic E-state index is 12.2. The summed E-state index contributed by atoms with van der Waals surface area (Å²) in [5.41, 5.74) is -1.94. The first-order valence-corrected chi connectivity index (χ1v) is 5.44. The molecule has 0 spiro atoms. The maximum Gasteiger partial charge on any atom is 0.329 e. The Morgan fingerprint density at radius 1 is 1.32 bits per heavy atom. The van der Waals surface area contributed by atoms with Gasteiger partial charge in [-0.2, -0.15) is 0 Å². The van der Waals surface area contributed by atoms with E-state index >= 15 is 0 Å². The summed E-state index contributed by atoms with van der Waals surface area (Å²) in [6.45, 7) is 2.70. The second-order valence-corrected chi connectivity index (χ2v) is 4.50. The first-order chi connectivity index (χ1) is 8.69. The van der Waals surface area contributed by atoms with Crippen LogP contribution in [0.1, 0.15) is 24.2 Å². The van der Waals surface area contributed by atoms with E-state index in [0.29, 0.717) is 0 Å². The molecule has 0 bridgehead atoms. The molecule has 7 nitrogen and oxygen atoms in total. The largest absolute Gasteiger partial charge is 0.480 e. The average molecular weight is 266 g/mol. The summed E-state index contributed by atoms with van der Waals surface area (Å²) in [5.74, 6) is -1.90. The third kappa shape index (κ3) is 2.70. The minimum absolute atomic E-state index is 0.135. The Bertz CT molecular complexity index is 539. The van der Waals surface area contributed by atoms with Gasteiger partial charge in [0.05, 0.1) is 4.92 Å². The Balaban J connectivity index is 3.22. The molecule has 7 heteroatoms. The molecule has 1 aromatic rings. The summed E-state index contributed by atoms with van der Waals surface area (Å²) in [5, 5.41) is 19.9. The highest BCUT2D eigenvalue weighted by Crippen LogP contribution is 2.22. The standard InChI is InChI=1S/C12H14N2O5/c1-12(2,11(16)17)13(3)10(15)8-6-4-5-7-9(8)14(18)19/h4-7H,1-3H3,(H,16,17). The summed E-state index contributed by atoms with van der Waals surface area (Å²) in [6.07, 6.45) is 0. The summed E-state index contributed by atoms with van der Waals surface area (Å²) in [4.78, 5) is 34.4. The van der Waals surface area contributed by atoms with Crippen molar-refractivity contribution in [3.63, 3.8) is 0 Å². The van der Waals surface area contributed by atoms with Crippen LogP contribution >= 0.6 is 0 Å². The number of nitro groups is 1. The normalized spacial score (nSPS) is 10.9. The number of hydrogen-bond acceptors (Lipinski definition) is 4. The van der Waals surface area contributed by atoms with Crippen LogP contribution in [0.3, 0.4) is 0 Å². The van der Waals surface area contributed by atoms with Crippen LogP contribution in [0.2, 0.25) is 0 Å². The van der Waals surface area contributed by atoms with Gasteiger partial charge in [0.2, 0.25) is 0 Å². The van der Waals surface area contributed by atoms with Crippen molar-refractivity contribution in [1.29, 1.82) is 0 Å². The van der Waals surface area contributed by atoms with E-state index in [4.69, 9.17) is 5.11 Å². The van der Waals surface area contributed by atoms with Crippen molar-refractivity contribution in [3.8, 4) is 0 Å². The van der Waals surface area contributed by atoms with Crippen molar-refractivity contribution >= 4 is 17.6 Å². The molecule has 1 N–H and O–H groups in total. The highest BCUT2D eigenvalue weighted by Gasteiger charge is 2.37. The molecule has 0 aromatic heterocycles. The van der Waals surface area contributed by atoms with Crippen LogP contribution in [-0.4, -0.2) is 39.4 Å². The van der Waals surface area contributed by atoms with Gasteiger partial charge >= 0.3 is 5.97 Å². The van der Waals surface area contributed by atoms with Gasteiger partial charge in [-0.15, -0.1) is 0 Å². The van der Waals surface area contributed by atoms with Crippen molar-refractivity contribution < 1.29 is 19.6 Å². The first kappa shape index (κ1) is 14.6. The van der Waals surface area contributed by atoms with E-state index in [1.807, 2.05) is 0 Å². The lowest BCUT2D eigenvalue weighted by molar-refractivity contribution is -0.385. The van der Waals surface area contributed by atoms with Crippen LogP contribution in [0.25, 0.3) is 0 Å². The van der Waals surface area contributed by atoms with Gasteiger partial charge in [0.1, 0.15) is 11.1 Å². The number of likely N-dealkylation sites (N-methyl/N-ethyl adjacent to an activating group) is 1. The van der Waals surface area contributed by atoms with E-state index in [1.165, 1.54) is 45.2 Å². The molecule has 0 aliphatic heterocycles. The van der Waals surface area contributed by atoms with Crippen LogP contribution < -0.4 is 0 Å². The summed E-state index contributed by atoms with van der Waals surface area (Å²) in [6, 6.07) is 5.43. The van der Waals surface area contributed by atoms with E-state index < -0.39 is 22.3 Å². The molecule has 102 valence electrons. The van der Waals surface area contributed by atoms with Crippen LogP contribution in [0.4, 0.5) is 5.69 Å². The molecule has 0 atom stereocenters. The van der Waals surface area contributed by atoms with Gasteiger partial charge < -0.3 is 10.0 Å². The topological polar surface area (TPSA) is 101 Å². The van der Waals surface area contributed by atoms with Crippen molar-refractivity contribution in [2.45, 2.75) is 19.4 Å². The summed E-state index contributed by atoms with van der Waals surface area (Å²) >= 11 is 0. The van der Waals surface area contributed by atoms with Crippen LogP contribution in [0, 0.1) is 10.1 Å². The first-order valence-electron chi connectivity index (χ1n) is 5.44. The van der Waals surface area contributed by atoms with E-state index in [9.17, 15) is 19.7 Å². The molecule has 0 saturated carbocycles. The number of aliphatic carboxylic acids is 1. The fraction of sp³-hybridized carbons (Fsp3) is 0.333. The number of rotatable bonds is 4. The van der Waals surface area contributed by atoms with Gasteiger partial charge in [-0.3, -0.25) is 14.9 Å². The molecule has 0 radical (unpaired) electrons. The molecular formula is C12H14N2O5. The number of carbonyl (C=O) groups excluding carboxylic acids is 1. The van der Waals surface area contributed by atoms with Gasteiger partial charge in [-0.1, -0.05) is 12.1 Å². The quantitative estimate of drug-likeness (QED) is 0.657. The number of amides is 1. The monoisotopic (exact) mass is 266 g/mol. The number of nitro benzene ring substituents is 1. The molecule has 0 saturated heterocycles. The van der Waals surface area contributed by atoms with E-state index in [-0.39, 0.29) is 11.3 Å². The van der Waals surface area contributed by atoms with Gasteiger partial charge in [-0.25, -0.2) is 4.79 Å². The predicted octanol–water partition coefficient (Wildman–Crippen LogP) is 1.53. The van der Waals surface area contributed by atoms with Crippen molar-refractivity contribution in [2.24, 2.45) is 0 Å². The number of carboxylic acid groups (broad SMARTS) is 1. The number of carbonyl (C=O) groups is 2. The second kappa shape index (κ2) is 5.05. The number of benzene rings is 1. The predicted molar refractivity (Wildman–Crippen MR) is 66.9 cm³/mol. The zero-order valence-corrected chi connectivity index (χ0v) is 10.8. The van der Waals surface area contributed by atoms with Gasteiger partial charge in [-0.05, 0) is 19.9 Å². The molecule has 1 rings (SSSR count). The summed E-state index contributed by atoms with van der Waals surface area (Å²) < 4.78 is 0. The number of para-hydroxylation sites is 1. The van der Waals surface area contributed by atoms with Gasteiger partial charge in [0, 0.05) is 13.1 Å². The highest BCUT2D eigenvalue weighted by atomic mass is 16.6. The lowest BCUT2D eigenvalue weighted by atomic mass is 10.0. The number of hydrogen-bond donors (Lipinski definition) is 1. The van der Waals surface area contributed by atoms with E-state index in [1.54, 1.807) is 0 Å². The van der Waals surface area contributed by atoms with Crippen molar-refractivity contribution in [3.05, 3.63) is 39.9 Å². The van der Waals surface area contributed by atoms with Crippen LogP contribution in [0.5, 0.6) is 0 Å². The molecule has 0 fully saturated rings. The lowest BCUT2D eigenvalue weighted by Crippen LogP contribution is -2.50. The lowest BCUT2D eigenvalue weighted by Gasteiger charge is -2.31.